The zero-order chi connectivity index (χ0) is 17.9. The van der Waals surface area contributed by atoms with Crippen LogP contribution in [-0.2, 0) is 19.9 Å². The number of aliphatic hydroxyl groups is 1. The second-order valence-corrected chi connectivity index (χ2v) is 6.20. The Hall–Kier alpha value is -1.96. The third-order valence-electron chi connectivity index (χ3n) is 4.18. The maximum absolute atomic E-state index is 12.7. The summed E-state index contributed by atoms with van der Waals surface area (Å²) in [7, 11) is 0. The van der Waals surface area contributed by atoms with E-state index in [0.717, 1.165) is 0 Å². The van der Waals surface area contributed by atoms with Crippen LogP contribution in [0.15, 0.2) is 24.3 Å². The molecule has 0 spiro atoms. The van der Waals surface area contributed by atoms with E-state index >= 15 is 0 Å². The van der Waals surface area contributed by atoms with E-state index in [-0.39, 0.29) is 17.9 Å². The van der Waals surface area contributed by atoms with Crippen molar-refractivity contribution in [1.82, 2.24) is 5.32 Å². The molecule has 1 aliphatic carbocycles. The van der Waals surface area contributed by atoms with Crippen LogP contribution in [0.4, 0.5) is 0 Å². The van der Waals surface area contributed by atoms with Crippen molar-refractivity contribution in [2.45, 2.75) is 43.4 Å². The van der Waals surface area contributed by atoms with Gasteiger partial charge in [-0.3, -0.25) is 19.7 Å². The number of hydrogen-bond donors (Lipinski definition) is 4. The van der Waals surface area contributed by atoms with Gasteiger partial charge in [-0.05, 0) is 30.9 Å². The molecule has 0 radical (unpaired) electrons. The van der Waals surface area contributed by atoms with Crippen molar-refractivity contribution in [3.8, 4) is 0 Å². The van der Waals surface area contributed by atoms with Gasteiger partial charge in [-0.25, -0.2) is 0 Å². The van der Waals surface area contributed by atoms with Crippen LogP contribution in [0.3, 0.4) is 0 Å². The van der Waals surface area contributed by atoms with E-state index in [0.29, 0.717) is 12.0 Å². The third kappa shape index (κ3) is 3.58. The number of carbonyl (C=O) groups excluding carboxylic acids is 1. The number of Topliss-reactive ketones (excluding diaryl/α,β-unsaturated/α-hetero) is 1. The van der Waals surface area contributed by atoms with Crippen LogP contribution in [0.5, 0.6) is 0 Å². The number of hydrogen-bond acceptors (Lipinski definition) is 5. The summed E-state index contributed by atoms with van der Waals surface area (Å²) in [6.07, 6.45) is -1.02. The summed E-state index contributed by atoms with van der Waals surface area (Å²) in [5, 5.41) is 31.1. The first-order chi connectivity index (χ1) is 11.3. The molecule has 1 aromatic carbocycles. The number of ketones is 1. The van der Waals surface area contributed by atoms with Crippen molar-refractivity contribution in [2.75, 3.05) is 0 Å². The molecule has 0 bridgehead atoms. The van der Waals surface area contributed by atoms with Gasteiger partial charge >= 0.3 is 11.9 Å². The van der Waals surface area contributed by atoms with Crippen LogP contribution in [0, 0.1) is 0 Å². The molecule has 1 aromatic rings. The fraction of sp³-hybridized carbons (Fsp3) is 0.438. The average Bonchev–Trinajstić information content (AvgIpc) is 2.51. The number of rotatable bonds is 6. The fourth-order valence-corrected chi connectivity index (χ4v) is 3.36. The summed E-state index contributed by atoms with van der Waals surface area (Å²) in [5.74, 6) is -3.30. The van der Waals surface area contributed by atoms with Crippen molar-refractivity contribution in [1.29, 1.82) is 0 Å². The van der Waals surface area contributed by atoms with Crippen LogP contribution < -0.4 is 5.32 Å². The monoisotopic (exact) mass is 355 g/mol. The van der Waals surface area contributed by atoms with E-state index in [1.165, 1.54) is 0 Å². The zero-order valence-electron chi connectivity index (χ0n) is 12.7. The zero-order valence-corrected chi connectivity index (χ0v) is 13.5. The molecule has 0 heterocycles. The van der Waals surface area contributed by atoms with Crippen molar-refractivity contribution in [2.24, 2.45) is 0 Å². The molecule has 2 rings (SSSR count). The highest BCUT2D eigenvalue weighted by molar-refractivity contribution is 6.31. The van der Waals surface area contributed by atoms with E-state index in [1.54, 1.807) is 24.3 Å². The molecule has 1 aliphatic rings. The van der Waals surface area contributed by atoms with Gasteiger partial charge in [-0.15, -0.1) is 0 Å². The number of nitrogens with one attached hydrogen (secondary N) is 1. The van der Waals surface area contributed by atoms with Gasteiger partial charge in [0, 0.05) is 5.02 Å². The van der Waals surface area contributed by atoms with Gasteiger partial charge in [0.15, 0.2) is 5.78 Å². The first-order valence-corrected chi connectivity index (χ1v) is 7.85. The predicted molar refractivity (Wildman–Crippen MR) is 84.8 cm³/mol. The second-order valence-electron chi connectivity index (χ2n) is 5.79. The van der Waals surface area contributed by atoms with Gasteiger partial charge < -0.3 is 15.3 Å². The smallest absolute Gasteiger partial charge is 0.321 e. The minimum absolute atomic E-state index is 0.218. The van der Waals surface area contributed by atoms with Gasteiger partial charge in [-0.2, -0.15) is 0 Å². The lowest BCUT2D eigenvalue weighted by atomic mass is 9.73. The fourth-order valence-electron chi connectivity index (χ4n) is 3.07. The first kappa shape index (κ1) is 18.4. The molecule has 1 saturated carbocycles. The predicted octanol–water partition coefficient (Wildman–Crippen LogP) is 1.17. The van der Waals surface area contributed by atoms with E-state index in [4.69, 9.17) is 16.7 Å². The lowest BCUT2D eigenvalue weighted by Crippen LogP contribution is -2.60. The highest BCUT2D eigenvalue weighted by atomic mass is 35.5. The average molecular weight is 356 g/mol. The standard InChI is InChI=1S/C16H18ClNO6/c17-10-5-2-1-4-9(10)16(7-3-6-12(19)14(16)22)18-11(15(23)24)8-13(20)21/h1-2,4-5,11-12,18-19H,3,6-8H2,(H,20,21)(H,23,24)/t11-,12-,16+/m0/s1. The van der Waals surface area contributed by atoms with Crippen LogP contribution >= 0.6 is 11.6 Å². The van der Waals surface area contributed by atoms with E-state index in [1.807, 2.05) is 0 Å². The van der Waals surface area contributed by atoms with Crippen LogP contribution in [0.25, 0.3) is 0 Å². The van der Waals surface area contributed by atoms with Gasteiger partial charge in [0.05, 0.1) is 6.42 Å². The molecule has 0 saturated heterocycles. The SMILES string of the molecule is O=C(O)C[C@H](N[C@@]1(c2ccccc2Cl)CCC[C@H](O)C1=O)C(=O)O. The summed E-state index contributed by atoms with van der Waals surface area (Å²) in [6, 6.07) is 4.95. The number of carbonyl (C=O) groups is 3. The Morgan fingerprint density at radius 2 is 2.00 bits per heavy atom. The van der Waals surface area contributed by atoms with Crippen molar-refractivity contribution in [3.05, 3.63) is 34.9 Å². The Kier molecular flexibility index (Phi) is 5.58. The highest BCUT2D eigenvalue weighted by Gasteiger charge is 2.48. The Labute approximate surface area is 143 Å². The van der Waals surface area contributed by atoms with E-state index < -0.39 is 41.8 Å². The third-order valence-corrected chi connectivity index (χ3v) is 4.51. The molecule has 3 atom stereocenters. The van der Waals surface area contributed by atoms with E-state index in [2.05, 4.69) is 5.32 Å². The van der Waals surface area contributed by atoms with E-state index in [9.17, 15) is 24.6 Å². The number of carboxylic acid groups (broad SMARTS) is 2. The van der Waals surface area contributed by atoms with Crippen molar-refractivity contribution >= 4 is 29.3 Å². The number of halogens is 1. The number of aliphatic hydroxyl groups excluding tert-OH is 1. The molecule has 0 amide bonds. The number of benzene rings is 1. The molecular weight excluding hydrogens is 338 g/mol. The minimum atomic E-state index is -1.53. The Morgan fingerprint density at radius 3 is 2.58 bits per heavy atom. The van der Waals surface area contributed by atoms with Gasteiger partial charge in [0.2, 0.25) is 0 Å². The lowest BCUT2D eigenvalue weighted by Gasteiger charge is -2.41. The number of carboxylic acids is 2. The molecule has 0 unspecified atom stereocenters. The Morgan fingerprint density at radius 1 is 1.33 bits per heavy atom. The largest absolute Gasteiger partial charge is 0.481 e. The van der Waals surface area contributed by atoms with Gasteiger partial charge in [0.25, 0.3) is 0 Å². The van der Waals surface area contributed by atoms with Crippen LogP contribution in [0.1, 0.15) is 31.2 Å². The topological polar surface area (TPSA) is 124 Å². The quantitative estimate of drug-likeness (QED) is 0.603. The molecule has 7 nitrogen and oxygen atoms in total. The van der Waals surface area contributed by atoms with Gasteiger partial charge in [0.1, 0.15) is 17.7 Å². The first-order valence-electron chi connectivity index (χ1n) is 7.47. The normalized spacial score (nSPS) is 25.2. The molecule has 0 aliphatic heterocycles. The van der Waals surface area contributed by atoms with Crippen molar-refractivity contribution in [3.63, 3.8) is 0 Å². The summed E-state index contributed by atoms with van der Waals surface area (Å²) < 4.78 is 0. The van der Waals surface area contributed by atoms with Crippen LogP contribution in [-0.4, -0.2) is 45.2 Å². The second kappa shape index (κ2) is 7.29. The molecule has 4 N–H and O–H groups in total. The number of aliphatic carboxylic acids is 2. The molecular formula is C16H18ClNO6. The highest BCUT2D eigenvalue weighted by Crippen LogP contribution is 2.38. The van der Waals surface area contributed by atoms with Crippen LogP contribution in [0.2, 0.25) is 5.02 Å². The summed E-state index contributed by atoms with van der Waals surface area (Å²) in [4.78, 5) is 35.1. The molecule has 130 valence electrons. The summed E-state index contributed by atoms with van der Waals surface area (Å²) in [6.45, 7) is 0. The Balaban J connectivity index is 2.51. The molecule has 8 heteroatoms. The maximum Gasteiger partial charge on any atom is 0.321 e. The summed E-state index contributed by atoms with van der Waals surface area (Å²) in [5.41, 5.74) is -1.19. The maximum atomic E-state index is 12.7. The lowest BCUT2D eigenvalue weighted by molar-refractivity contribution is -0.149. The van der Waals surface area contributed by atoms with Crippen molar-refractivity contribution < 1.29 is 29.7 Å². The molecule has 24 heavy (non-hydrogen) atoms. The molecule has 1 fully saturated rings. The Bertz CT molecular complexity index is 664. The summed E-state index contributed by atoms with van der Waals surface area (Å²) >= 11 is 6.19. The minimum Gasteiger partial charge on any atom is -0.481 e. The van der Waals surface area contributed by atoms with Gasteiger partial charge in [-0.1, -0.05) is 29.8 Å². The molecule has 0 aromatic heterocycles.